The van der Waals surface area contributed by atoms with Gasteiger partial charge in [-0.25, -0.2) is 4.39 Å². The molecule has 0 bridgehead atoms. The monoisotopic (exact) mass is 322 g/mol. The van der Waals surface area contributed by atoms with Crippen LogP contribution in [0.3, 0.4) is 0 Å². The Morgan fingerprint density at radius 1 is 1.39 bits per heavy atom. The summed E-state index contributed by atoms with van der Waals surface area (Å²) in [5.74, 6) is -0.221. The molecule has 2 rings (SSSR count). The third-order valence-corrected chi connectivity index (χ3v) is 4.76. The molecule has 0 aromatic heterocycles. The highest BCUT2D eigenvalue weighted by Crippen LogP contribution is 2.30. The summed E-state index contributed by atoms with van der Waals surface area (Å²) in [7, 11) is 1.63. The number of piperidine rings is 1. The molecule has 1 saturated heterocycles. The average molecular weight is 322 g/mol. The van der Waals surface area contributed by atoms with Crippen molar-refractivity contribution in [1.82, 2.24) is 10.6 Å². The number of halogens is 1. The standard InChI is InChI=1S/C18H27FN2O2/c1-17(2,14-5-4-6-15(19)11-14)12-21-16(22)18(13-23-3)7-9-20-10-8-18/h4-6,11,20H,7-10,12-13H2,1-3H3,(H,21,22). The number of carbonyl (C=O) groups excluding carboxylic acids is 1. The number of rotatable bonds is 6. The van der Waals surface area contributed by atoms with Gasteiger partial charge in [0.05, 0.1) is 12.0 Å². The molecule has 23 heavy (non-hydrogen) atoms. The van der Waals surface area contributed by atoms with Crippen LogP contribution >= 0.6 is 0 Å². The Balaban J connectivity index is 2.04. The van der Waals surface area contributed by atoms with Gasteiger partial charge in [-0.1, -0.05) is 26.0 Å². The van der Waals surface area contributed by atoms with Gasteiger partial charge < -0.3 is 15.4 Å². The van der Waals surface area contributed by atoms with Crippen molar-refractivity contribution in [2.24, 2.45) is 5.41 Å². The largest absolute Gasteiger partial charge is 0.384 e. The van der Waals surface area contributed by atoms with Crippen LogP contribution in [-0.2, 0) is 14.9 Å². The van der Waals surface area contributed by atoms with E-state index in [0.717, 1.165) is 31.5 Å². The molecule has 1 heterocycles. The molecule has 1 fully saturated rings. The van der Waals surface area contributed by atoms with Gasteiger partial charge in [0.2, 0.25) is 5.91 Å². The van der Waals surface area contributed by atoms with Gasteiger partial charge >= 0.3 is 0 Å². The number of hydrogen-bond donors (Lipinski definition) is 2. The van der Waals surface area contributed by atoms with Crippen molar-refractivity contribution in [3.8, 4) is 0 Å². The third kappa shape index (κ3) is 4.30. The Morgan fingerprint density at radius 2 is 2.09 bits per heavy atom. The number of methoxy groups -OCH3 is 1. The fourth-order valence-electron chi connectivity index (χ4n) is 3.12. The van der Waals surface area contributed by atoms with Gasteiger partial charge in [0.25, 0.3) is 0 Å². The minimum absolute atomic E-state index is 0.0327. The van der Waals surface area contributed by atoms with Gasteiger partial charge in [-0.2, -0.15) is 0 Å². The third-order valence-electron chi connectivity index (χ3n) is 4.76. The summed E-state index contributed by atoms with van der Waals surface area (Å²) in [4.78, 5) is 12.8. The van der Waals surface area contributed by atoms with E-state index in [-0.39, 0.29) is 17.1 Å². The Morgan fingerprint density at radius 3 is 2.70 bits per heavy atom. The van der Waals surface area contributed by atoms with E-state index in [9.17, 15) is 9.18 Å². The SMILES string of the molecule is COCC1(C(=O)NCC(C)(C)c2cccc(F)c2)CCNCC1. The molecule has 1 aliphatic heterocycles. The predicted octanol–water partition coefficient (Wildman–Crippen LogP) is 2.24. The molecular weight excluding hydrogens is 295 g/mol. The van der Waals surface area contributed by atoms with Crippen molar-refractivity contribution in [2.45, 2.75) is 32.1 Å². The van der Waals surface area contributed by atoms with Crippen molar-refractivity contribution < 1.29 is 13.9 Å². The van der Waals surface area contributed by atoms with Gasteiger partial charge in [-0.15, -0.1) is 0 Å². The number of benzene rings is 1. The highest BCUT2D eigenvalue weighted by atomic mass is 19.1. The predicted molar refractivity (Wildman–Crippen MR) is 88.8 cm³/mol. The van der Waals surface area contributed by atoms with Crippen LogP contribution in [-0.4, -0.2) is 39.3 Å². The number of ether oxygens (including phenoxy) is 1. The summed E-state index contributed by atoms with van der Waals surface area (Å²) < 4.78 is 18.7. The van der Waals surface area contributed by atoms with E-state index in [0.29, 0.717) is 13.2 Å². The summed E-state index contributed by atoms with van der Waals surface area (Å²) in [6.45, 7) is 6.56. The minimum atomic E-state index is -0.460. The number of amides is 1. The zero-order chi connectivity index (χ0) is 16.9. The van der Waals surface area contributed by atoms with E-state index >= 15 is 0 Å². The maximum atomic E-state index is 13.4. The van der Waals surface area contributed by atoms with Crippen molar-refractivity contribution in [3.63, 3.8) is 0 Å². The fourth-order valence-corrected chi connectivity index (χ4v) is 3.12. The van der Waals surface area contributed by atoms with Crippen LogP contribution in [0, 0.1) is 11.2 Å². The summed E-state index contributed by atoms with van der Waals surface area (Å²) >= 11 is 0. The number of nitrogens with one attached hydrogen (secondary N) is 2. The fraction of sp³-hybridized carbons (Fsp3) is 0.611. The van der Waals surface area contributed by atoms with Gasteiger partial charge in [-0.05, 0) is 43.6 Å². The maximum Gasteiger partial charge on any atom is 0.228 e. The molecule has 1 aromatic rings. The molecule has 1 aromatic carbocycles. The zero-order valence-electron chi connectivity index (χ0n) is 14.2. The van der Waals surface area contributed by atoms with E-state index in [4.69, 9.17) is 4.74 Å². The molecule has 1 aliphatic rings. The quantitative estimate of drug-likeness (QED) is 0.844. The lowest BCUT2D eigenvalue weighted by Gasteiger charge is -2.36. The zero-order valence-corrected chi connectivity index (χ0v) is 14.2. The van der Waals surface area contributed by atoms with Crippen LogP contribution in [0.25, 0.3) is 0 Å². The lowest BCUT2D eigenvalue weighted by atomic mass is 9.78. The second kappa shape index (κ2) is 7.41. The molecule has 5 heteroatoms. The van der Waals surface area contributed by atoms with Crippen LogP contribution in [0.5, 0.6) is 0 Å². The van der Waals surface area contributed by atoms with E-state index in [2.05, 4.69) is 10.6 Å². The van der Waals surface area contributed by atoms with Gasteiger partial charge in [-0.3, -0.25) is 4.79 Å². The van der Waals surface area contributed by atoms with Gasteiger partial charge in [0, 0.05) is 19.1 Å². The van der Waals surface area contributed by atoms with Crippen LogP contribution in [0.4, 0.5) is 4.39 Å². The van der Waals surface area contributed by atoms with Crippen molar-refractivity contribution in [1.29, 1.82) is 0 Å². The maximum absolute atomic E-state index is 13.4. The first-order valence-electron chi connectivity index (χ1n) is 8.14. The summed E-state index contributed by atoms with van der Waals surface area (Å²) in [6.07, 6.45) is 1.54. The first-order valence-corrected chi connectivity index (χ1v) is 8.14. The topological polar surface area (TPSA) is 50.4 Å². The van der Waals surface area contributed by atoms with Crippen LogP contribution < -0.4 is 10.6 Å². The Kier molecular flexibility index (Phi) is 5.76. The summed E-state index contributed by atoms with van der Waals surface area (Å²) in [5.41, 5.74) is 0.0839. The van der Waals surface area contributed by atoms with E-state index in [1.54, 1.807) is 13.2 Å². The highest BCUT2D eigenvalue weighted by Gasteiger charge is 2.40. The smallest absolute Gasteiger partial charge is 0.228 e. The van der Waals surface area contributed by atoms with Gasteiger partial charge in [0.1, 0.15) is 5.82 Å². The molecule has 2 N–H and O–H groups in total. The molecule has 1 amide bonds. The molecule has 4 nitrogen and oxygen atoms in total. The van der Waals surface area contributed by atoms with E-state index in [1.807, 2.05) is 19.9 Å². The average Bonchev–Trinajstić information content (AvgIpc) is 2.54. The first-order chi connectivity index (χ1) is 10.9. The Hall–Kier alpha value is -1.46. The number of hydrogen-bond acceptors (Lipinski definition) is 3. The van der Waals surface area contributed by atoms with Crippen LogP contribution in [0.15, 0.2) is 24.3 Å². The summed E-state index contributed by atoms with van der Waals surface area (Å²) in [6, 6.07) is 6.56. The van der Waals surface area contributed by atoms with Crippen molar-refractivity contribution in [3.05, 3.63) is 35.6 Å². The number of carbonyl (C=O) groups is 1. The first kappa shape index (κ1) is 17.9. The van der Waals surface area contributed by atoms with Crippen LogP contribution in [0.1, 0.15) is 32.3 Å². The minimum Gasteiger partial charge on any atom is -0.384 e. The molecule has 0 saturated carbocycles. The highest BCUT2D eigenvalue weighted by molar-refractivity contribution is 5.83. The molecule has 0 spiro atoms. The van der Waals surface area contributed by atoms with E-state index in [1.165, 1.54) is 12.1 Å². The molecule has 0 aliphatic carbocycles. The second-order valence-corrected chi connectivity index (χ2v) is 7.04. The Labute approximate surface area is 137 Å². The molecule has 0 atom stereocenters. The molecule has 0 radical (unpaired) electrons. The van der Waals surface area contributed by atoms with Crippen LogP contribution in [0.2, 0.25) is 0 Å². The Bertz CT molecular complexity index is 534. The van der Waals surface area contributed by atoms with Gasteiger partial charge in [0.15, 0.2) is 0 Å². The van der Waals surface area contributed by atoms with Crippen molar-refractivity contribution in [2.75, 3.05) is 33.4 Å². The van der Waals surface area contributed by atoms with Crippen molar-refractivity contribution >= 4 is 5.91 Å². The molecule has 0 unspecified atom stereocenters. The summed E-state index contributed by atoms with van der Waals surface area (Å²) in [5, 5.41) is 6.35. The lowest BCUT2D eigenvalue weighted by molar-refractivity contribution is -0.136. The second-order valence-electron chi connectivity index (χ2n) is 7.04. The molecular formula is C18H27FN2O2. The molecule has 128 valence electrons. The lowest BCUT2D eigenvalue weighted by Crippen LogP contribution is -2.52. The van der Waals surface area contributed by atoms with E-state index < -0.39 is 5.41 Å². The normalized spacial score (nSPS) is 17.7.